The van der Waals surface area contributed by atoms with Gasteiger partial charge in [0.25, 0.3) is 0 Å². The normalized spacial score (nSPS) is 11.2. The molecule has 0 spiro atoms. The second-order valence-corrected chi connectivity index (χ2v) is 5.50. The molecule has 0 fully saturated rings. The smallest absolute Gasteiger partial charge is 0.233 e. The first-order valence-corrected chi connectivity index (χ1v) is 6.58. The first-order chi connectivity index (χ1) is 7.44. The molecule has 0 amide bonds. The highest BCUT2D eigenvalue weighted by Crippen LogP contribution is 2.18. The van der Waals surface area contributed by atoms with Gasteiger partial charge in [0.15, 0.2) is 0 Å². The third-order valence-electron chi connectivity index (χ3n) is 2.02. The van der Waals surface area contributed by atoms with Gasteiger partial charge in [0.05, 0.1) is 11.4 Å². The number of hydrogen-bond acceptors (Lipinski definition) is 4. The lowest BCUT2D eigenvalue weighted by molar-refractivity contribution is 0.601. The Morgan fingerprint density at radius 2 is 2.06 bits per heavy atom. The number of hydrogen-bond donors (Lipinski definition) is 2. The number of rotatable bonds is 5. The molecule has 0 aliphatic carbocycles. The molecule has 6 heteroatoms. The van der Waals surface area contributed by atoms with Gasteiger partial charge in [0.1, 0.15) is 0 Å². The van der Waals surface area contributed by atoms with E-state index in [1.165, 1.54) is 0 Å². The van der Waals surface area contributed by atoms with Crippen molar-refractivity contribution in [1.82, 2.24) is 0 Å². The summed E-state index contributed by atoms with van der Waals surface area (Å²) in [7, 11) is 0.472. The zero-order valence-corrected chi connectivity index (χ0v) is 10.3. The lowest BCUT2D eigenvalue weighted by Crippen LogP contribution is -2.22. The third-order valence-corrected chi connectivity index (χ3v) is 3.34. The molecule has 0 radical (unpaired) electrons. The average molecular weight is 243 g/mol. The molecule has 0 atom stereocenters. The topological polar surface area (TPSA) is 75.4 Å². The molecule has 1 aromatic carbocycles. The molecule has 0 aliphatic heterocycles. The van der Waals surface area contributed by atoms with Crippen LogP contribution in [0.25, 0.3) is 0 Å². The van der Waals surface area contributed by atoms with Gasteiger partial charge < -0.3 is 10.6 Å². The van der Waals surface area contributed by atoms with E-state index in [9.17, 15) is 8.42 Å². The predicted octanol–water partition coefficient (Wildman–Crippen LogP) is 0.453. The summed E-state index contributed by atoms with van der Waals surface area (Å²) in [6.45, 7) is 0.114. The summed E-state index contributed by atoms with van der Waals surface area (Å²) >= 11 is 0. The van der Waals surface area contributed by atoms with Gasteiger partial charge >= 0.3 is 0 Å². The van der Waals surface area contributed by atoms with E-state index in [2.05, 4.69) is 4.72 Å². The van der Waals surface area contributed by atoms with Crippen LogP contribution in [0.4, 0.5) is 11.4 Å². The molecule has 90 valence electrons. The molecule has 0 unspecified atom stereocenters. The van der Waals surface area contributed by atoms with Gasteiger partial charge in [0, 0.05) is 26.3 Å². The first-order valence-electron chi connectivity index (χ1n) is 4.92. The van der Waals surface area contributed by atoms with Gasteiger partial charge in [-0.05, 0) is 18.2 Å². The van der Waals surface area contributed by atoms with Crippen molar-refractivity contribution in [1.29, 1.82) is 0 Å². The lowest BCUT2D eigenvalue weighted by Gasteiger charge is -2.14. The van der Waals surface area contributed by atoms with Crippen LogP contribution in [-0.4, -0.2) is 34.8 Å². The van der Waals surface area contributed by atoms with Crippen LogP contribution < -0.4 is 15.4 Å². The van der Waals surface area contributed by atoms with E-state index in [0.717, 1.165) is 5.69 Å². The van der Waals surface area contributed by atoms with Gasteiger partial charge in [-0.15, -0.1) is 0 Å². The highest BCUT2D eigenvalue weighted by atomic mass is 32.2. The van der Waals surface area contributed by atoms with Crippen molar-refractivity contribution >= 4 is 21.4 Å². The quantitative estimate of drug-likeness (QED) is 0.787. The molecule has 1 rings (SSSR count). The van der Waals surface area contributed by atoms with Crippen molar-refractivity contribution in [3.8, 4) is 0 Å². The fourth-order valence-electron chi connectivity index (χ4n) is 1.23. The summed E-state index contributed by atoms with van der Waals surface area (Å²) in [4.78, 5) is 1.90. The Bertz CT molecular complexity index is 443. The second kappa shape index (κ2) is 5.18. The molecule has 3 N–H and O–H groups in total. The Balaban J connectivity index is 2.86. The number of anilines is 2. The van der Waals surface area contributed by atoms with Crippen molar-refractivity contribution in [3.63, 3.8) is 0 Å². The molecule has 0 saturated heterocycles. The van der Waals surface area contributed by atoms with Gasteiger partial charge in [0.2, 0.25) is 10.0 Å². The SMILES string of the molecule is CN(C)c1cccc(NS(=O)(=O)CCN)c1. The van der Waals surface area contributed by atoms with E-state index < -0.39 is 10.0 Å². The van der Waals surface area contributed by atoms with Crippen molar-refractivity contribution in [2.45, 2.75) is 0 Å². The molecule has 1 aromatic rings. The highest BCUT2D eigenvalue weighted by molar-refractivity contribution is 7.92. The lowest BCUT2D eigenvalue weighted by atomic mass is 10.3. The minimum atomic E-state index is -3.32. The number of sulfonamides is 1. The summed E-state index contributed by atoms with van der Waals surface area (Å²) < 4.78 is 25.4. The highest BCUT2D eigenvalue weighted by Gasteiger charge is 2.09. The van der Waals surface area contributed by atoms with Crippen molar-refractivity contribution in [3.05, 3.63) is 24.3 Å². The fraction of sp³-hybridized carbons (Fsp3) is 0.400. The maximum absolute atomic E-state index is 11.5. The van der Waals surface area contributed by atoms with Crippen molar-refractivity contribution < 1.29 is 8.42 Å². The van der Waals surface area contributed by atoms with Gasteiger partial charge in [-0.3, -0.25) is 4.72 Å². The molecule has 0 bridgehead atoms. The van der Waals surface area contributed by atoms with E-state index in [0.29, 0.717) is 5.69 Å². The zero-order chi connectivity index (χ0) is 12.2. The van der Waals surface area contributed by atoms with Crippen LogP contribution in [0.15, 0.2) is 24.3 Å². The molecule has 16 heavy (non-hydrogen) atoms. The van der Waals surface area contributed by atoms with Crippen LogP contribution in [-0.2, 0) is 10.0 Å². The van der Waals surface area contributed by atoms with Crippen molar-refractivity contribution in [2.75, 3.05) is 36.0 Å². The Kier molecular flexibility index (Phi) is 4.14. The predicted molar refractivity (Wildman–Crippen MR) is 67.2 cm³/mol. The molecule has 0 saturated carbocycles. The standard InChI is InChI=1S/C10H17N3O2S/c1-13(2)10-5-3-4-9(8-10)12-16(14,15)7-6-11/h3-5,8,12H,6-7,11H2,1-2H3. The molecule has 0 aliphatic rings. The third kappa shape index (κ3) is 3.71. The van der Waals surface area contributed by atoms with Crippen LogP contribution in [0, 0.1) is 0 Å². The second-order valence-electron chi connectivity index (χ2n) is 3.65. The van der Waals surface area contributed by atoms with Crippen LogP contribution >= 0.6 is 0 Å². The van der Waals surface area contributed by atoms with E-state index in [-0.39, 0.29) is 12.3 Å². The maximum Gasteiger partial charge on any atom is 0.233 e. The Morgan fingerprint density at radius 3 is 2.62 bits per heavy atom. The number of nitrogens with one attached hydrogen (secondary N) is 1. The van der Waals surface area contributed by atoms with Crippen LogP contribution in [0.5, 0.6) is 0 Å². The molecule has 0 heterocycles. The molecular formula is C10H17N3O2S. The number of nitrogens with two attached hydrogens (primary N) is 1. The van der Waals surface area contributed by atoms with E-state index in [4.69, 9.17) is 5.73 Å². The summed E-state index contributed by atoms with van der Waals surface area (Å²) in [5.41, 5.74) is 6.71. The monoisotopic (exact) mass is 243 g/mol. The summed E-state index contributed by atoms with van der Waals surface area (Å²) in [5, 5.41) is 0. The Morgan fingerprint density at radius 1 is 1.38 bits per heavy atom. The summed E-state index contributed by atoms with van der Waals surface area (Å²) in [6, 6.07) is 7.19. The van der Waals surface area contributed by atoms with E-state index in [1.807, 2.05) is 25.1 Å². The van der Waals surface area contributed by atoms with Crippen LogP contribution in [0.2, 0.25) is 0 Å². The molecular weight excluding hydrogens is 226 g/mol. The average Bonchev–Trinajstić information content (AvgIpc) is 2.17. The molecule has 5 nitrogen and oxygen atoms in total. The molecule has 0 aromatic heterocycles. The largest absolute Gasteiger partial charge is 0.378 e. The van der Waals surface area contributed by atoms with Crippen LogP contribution in [0.3, 0.4) is 0 Å². The number of nitrogens with zero attached hydrogens (tertiary/aromatic N) is 1. The van der Waals surface area contributed by atoms with Crippen LogP contribution in [0.1, 0.15) is 0 Å². The Labute approximate surface area is 96.3 Å². The Hall–Kier alpha value is -1.27. The van der Waals surface area contributed by atoms with Gasteiger partial charge in [-0.1, -0.05) is 6.07 Å². The fourth-order valence-corrected chi connectivity index (χ4v) is 2.13. The number of benzene rings is 1. The van der Waals surface area contributed by atoms with Gasteiger partial charge in [-0.25, -0.2) is 8.42 Å². The van der Waals surface area contributed by atoms with E-state index >= 15 is 0 Å². The maximum atomic E-state index is 11.5. The van der Waals surface area contributed by atoms with Gasteiger partial charge in [-0.2, -0.15) is 0 Å². The first kappa shape index (κ1) is 12.8. The summed E-state index contributed by atoms with van der Waals surface area (Å²) in [5.74, 6) is -0.0702. The minimum Gasteiger partial charge on any atom is -0.378 e. The van der Waals surface area contributed by atoms with Crippen molar-refractivity contribution in [2.24, 2.45) is 5.73 Å². The van der Waals surface area contributed by atoms with E-state index in [1.54, 1.807) is 18.2 Å². The minimum absolute atomic E-state index is 0.0702. The summed E-state index contributed by atoms with van der Waals surface area (Å²) in [6.07, 6.45) is 0. The zero-order valence-electron chi connectivity index (χ0n) is 9.47.